The Bertz CT molecular complexity index is 973. The molecule has 0 fully saturated rings. The van der Waals surface area contributed by atoms with Crippen molar-refractivity contribution in [1.82, 2.24) is 4.98 Å². The Hall–Kier alpha value is -3.65. The fourth-order valence-electron chi connectivity index (χ4n) is 2.47. The van der Waals surface area contributed by atoms with E-state index in [1.165, 1.54) is 0 Å². The summed E-state index contributed by atoms with van der Waals surface area (Å²) in [6.45, 7) is 1.83. The minimum atomic E-state index is -0.449. The molecule has 0 saturated carbocycles. The first-order chi connectivity index (χ1) is 12.1. The summed E-state index contributed by atoms with van der Waals surface area (Å²) in [6, 6.07) is 17.9. The van der Waals surface area contributed by atoms with Gasteiger partial charge in [-0.15, -0.1) is 0 Å². The molecule has 25 heavy (non-hydrogen) atoms. The number of rotatable bonds is 4. The minimum Gasteiger partial charge on any atom is -0.457 e. The molecule has 0 aliphatic heterocycles. The van der Waals surface area contributed by atoms with Crippen LogP contribution in [0.5, 0.6) is 11.5 Å². The van der Waals surface area contributed by atoms with Crippen LogP contribution in [-0.2, 0) is 0 Å². The molecule has 122 valence electrons. The van der Waals surface area contributed by atoms with Crippen molar-refractivity contribution in [3.05, 3.63) is 77.5 Å². The van der Waals surface area contributed by atoms with E-state index in [1.54, 1.807) is 48.7 Å². The third-order valence-corrected chi connectivity index (χ3v) is 3.74. The Balaban J connectivity index is 1.87. The molecular weight excluding hydrogens is 314 g/mol. The lowest BCUT2D eigenvalue weighted by Crippen LogP contribution is -2.12. The first-order valence-electron chi connectivity index (χ1n) is 7.62. The fraction of sp³-hybridized carbons (Fsp3) is 0.0500. The zero-order valence-corrected chi connectivity index (χ0v) is 13.6. The summed E-state index contributed by atoms with van der Waals surface area (Å²) in [4.78, 5) is 15.7. The number of hydrogen-bond donors (Lipinski definition) is 1. The summed E-state index contributed by atoms with van der Waals surface area (Å²) >= 11 is 0. The standard InChI is InChI=1S/C20H15N3O2/c1-13-10-15(4-7-18(13)20(22)24)19-11-17(8-9-23-19)25-16-5-2-14(12-21)3-6-16/h2-11H,1H3,(H2,22,24). The van der Waals surface area contributed by atoms with Crippen molar-refractivity contribution < 1.29 is 9.53 Å². The second-order valence-corrected chi connectivity index (χ2v) is 5.51. The molecule has 0 spiro atoms. The monoisotopic (exact) mass is 329 g/mol. The lowest BCUT2D eigenvalue weighted by atomic mass is 10.0. The average molecular weight is 329 g/mol. The molecule has 1 heterocycles. The van der Waals surface area contributed by atoms with E-state index in [1.807, 2.05) is 19.1 Å². The summed E-state index contributed by atoms with van der Waals surface area (Å²) in [6.07, 6.45) is 1.66. The zero-order valence-electron chi connectivity index (χ0n) is 13.6. The van der Waals surface area contributed by atoms with Gasteiger partial charge in [0, 0.05) is 23.4 Å². The maximum Gasteiger partial charge on any atom is 0.248 e. The third-order valence-electron chi connectivity index (χ3n) is 3.74. The number of primary amides is 1. The minimum absolute atomic E-state index is 0.449. The SMILES string of the molecule is Cc1cc(-c2cc(Oc3ccc(C#N)cc3)ccn2)ccc1C(N)=O. The quantitative estimate of drug-likeness (QED) is 0.788. The van der Waals surface area contributed by atoms with Crippen LogP contribution in [0.1, 0.15) is 21.5 Å². The predicted molar refractivity (Wildman–Crippen MR) is 94.2 cm³/mol. The molecule has 5 heteroatoms. The summed E-state index contributed by atoms with van der Waals surface area (Å²) in [7, 11) is 0. The Kier molecular flexibility index (Phi) is 4.44. The summed E-state index contributed by atoms with van der Waals surface area (Å²) in [5.41, 5.74) is 8.80. The Morgan fingerprint density at radius 3 is 2.48 bits per heavy atom. The highest BCUT2D eigenvalue weighted by Gasteiger charge is 2.08. The van der Waals surface area contributed by atoms with Crippen LogP contribution in [0.15, 0.2) is 60.8 Å². The highest BCUT2D eigenvalue weighted by atomic mass is 16.5. The lowest BCUT2D eigenvalue weighted by molar-refractivity contribution is 0.0999. The van der Waals surface area contributed by atoms with Gasteiger partial charge in [-0.2, -0.15) is 5.26 Å². The van der Waals surface area contributed by atoms with E-state index in [2.05, 4.69) is 11.1 Å². The van der Waals surface area contributed by atoms with E-state index in [-0.39, 0.29) is 0 Å². The van der Waals surface area contributed by atoms with Crippen molar-refractivity contribution >= 4 is 5.91 Å². The second-order valence-electron chi connectivity index (χ2n) is 5.51. The molecule has 2 aromatic carbocycles. The van der Waals surface area contributed by atoms with Gasteiger partial charge in [-0.05, 0) is 55.0 Å². The lowest BCUT2D eigenvalue weighted by Gasteiger charge is -2.09. The van der Waals surface area contributed by atoms with E-state index in [4.69, 9.17) is 15.7 Å². The van der Waals surface area contributed by atoms with Gasteiger partial charge >= 0.3 is 0 Å². The van der Waals surface area contributed by atoms with Gasteiger partial charge in [0.1, 0.15) is 11.5 Å². The molecule has 1 amide bonds. The molecular formula is C20H15N3O2. The molecule has 0 aliphatic carbocycles. The number of ether oxygens (including phenoxy) is 1. The largest absolute Gasteiger partial charge is 0.457 e. The van der Waals surface area contributed by atoms with Gasteiger partial charge < -0.3 is 10.5 Å². The highest BCUT2D eigenvalue weighted by Crippen LogP contribution is 2.27. The number of nitriles is 1. The highest BCUT2D eigenvalue weighted by molar-refractivity contribution is 5.94. The molecule has 0 bridgehead atoms. The van der Waals surface area contributed by atoms with Crippen molar-refractivity contribution in [2.24, 2.45) is 5.73 Å². The number of aromatic nitrogens is 1. The summed E-state index contributed by atoms with van der Waals surface area (Å²) in [5.74, 6) is 0.817. The first-order valence-corrected chi connectivity index (χ1v) is 7.62. The molecule has 0 saturated heterocycles. The molecule has 0 aliphatic rings. The molecule has 1 aromatic heterocycles. The maximum atomic E-state index is 11.3. The summed E-state index contributed by atoms with van der Waals surface area (Å²) in [5, 5.41) is 8.83. The zero-order chi connectivity index (χ0) is 17.8. The number of pyridine rings is 1. The topological polar surface area (TPSA) is 89.0 Å². The molecule has 0 radical (unpaired) electrons. The van der Waals surface area contributed by atoms with E-state index < -0.39 is 5.91 Å². The van der Waals surface area contributed by atoms with Crippen LogP contribution in [0, 0.1) is 18.3 Å². The van der Waals surface area contributed by atoms with Crippen LogP contribution in [0.25, 0.3) is 11.3 Å². The smallest absolute Gasteiger partial charge is 0.248 e. The Morgan fingerprint density at radius 1 is 1.08 bits per heavy atom. The van der Waals surface area contributed by atoms with E-state index in [0.29, 0.717) is 22.6 Å². The van der Waals surface area contributed by atoms with Crippen molar-refractivity contribution in [2.45, 2.75) is 6.92 Å². The number of amides is 1. The Labute approximate surface area is 145 Å². The van der Waals surface area contributed by atoms with Crippen LogP contribution in [0.4, 0.5) is 0 Å². The van der Waals surface area contributed by atoms with Gasteiger partial charge in [-0.3, -0.25) is 9.78 Å². The van der Waals surface area contributed by atoms with Crippen LogP contribution in [0.3, 0.4) is 0 Å². The fourth-order valence-corrected chi connectivity index (χ4v) is 2.47. The van der Waals surface area contributed by atoms with Gasteiger partial charge in [0.15, 0.2) is 0 Å². The van der Waals surface area contributed by atoms with E-state index >= 15 is 0 Å². The van der Waals surface area contributed by atoms with Crippen molar-refractivity contribution in [3.8, 4) is 28.8 Å². The second kappa shape index (κ2) is 6.85. The van der Waals surface area contributed by atoms with Crippen molar-refractivity contribution in [1.29, 1.82) is 5.26 Å². The van der Waals surface area contributed by atoms with Gasteiger partial charge in [-0.25, -0.2) is 0 Å². The van der Waals surface area contributed by atoms with Crippen molar-refractivity contribution in [3.63, 3.8) is 0 Å². The number of nitrogens with zero attached hydrogens (tertiary/aromatic N) is 2. The van der Waals surface area contributed by atoms with Gasteiger partial charge in [-0.1, -0.05) is 6.07 Å². The number of carbonyl (C=O) groups excluding carboxylic acids is 1. The Morgan fingerprint density at radius 2 is 1.84 bits per heavy atom. The number of hydrogen-bond acceptors (Lipinski definition) is 4. The molecule has 2 N–H and O–H groups in total. The number of aryl methyl sites for hydroxylation is 1. The first kappa shape index (κ1) is 16.2. The number of carbonyl (C=O) groups is 1. The van der Waals surface area contributed by atoms with Gasteiger partial charge in [0.25, 0.3) is 0 Å². The molecule has 3 aromatic rings. The van der Waals surface area contributed by atoms with E-state index in [9.17, 15) is 4.79 Å². The van der Waals surface area contributed by atoms with Crippen LogP contribution in [-0.4, -0.2) is 10.9 Å². The molecule has 0 unspecified atom stereocenters. The number of nitrogens with two attached hydrogens (primary N) is 1. The van der Waals surface area contributed by atoms with Gasteiger partial charge in [0.2, 0.25) is 5.91 Å². The third kappa shape index (κ3) is 3.65. The maximum absolute atomic E-state index is 11.3. The molecule has 5 nitrogen and oxygen atoms in total. The van der Waals surface area contributed by atoms with E-state index in [0.717, 1.165) is 16.8 Å². The van der Waals surface area contributed by atoms with Gasteiger partial charge in [0.05, 0.1) is 17.3 Å². The molecule has 0 atom stereocenters. The summed E-state index contributed by atoms with van der Waals surface area (Å²) < 4.78 is 5.81. The van der Waals surface area contributed by atoms with Crippen LogP contribution >= 0.6 is 0 Å². The predicted octanol–water partition coefficient (Wildman–Crippen LogP) is 3.82. The van der Waals surface area contributed by atoms with Crippen LogP contribution < -0.4 is 10.5 Å². The average Bonchev–Trinajstić information content (AvgIpc) is 2.62. The van der Waals surface area contributed by atoms with Crippen molar-refractivity contribution in [2.75, 3.05) is 0 Å². The van der Waals surface area contributed by atoms with Crippen LogP contribution in [0.2, 0.25) is 0 Å². The normalized spacial score (nSPS) is 10.1. The molecule has 3 rings (SSSR count). The number of benzene rings is 2.